The van der Waals surface area contributed by atoms with Gasteiger partial charge in [0, 0.05) is 48.4 Å². The number of thioether (sulfide) groups is 2. The third-order valence-corrected chi connectivity index (χ3v) is 7.56. The third kappa shape index (κ3) is 4.66. The van der Waals surface area contributed by atoms with Gasteiger partial charge in [0.05, 0.1) is 23.7 Å². The van der Waals surface area contributed by atoms with Crippen LogP contribution < -0.4 is 0 Å². The monoisotopic (exact) mass is 377 g/mol. The van der Waals surface area contributed by atoms with Crippen molar-refractivity contribution in [2.75, 3.05) is 41.6 Å². The van der Waals surface area contributed by atoms with Crippen LogP contribution in [-0.2, 0) is 22.9 Å². The van der Waals surface area contributed by atoms with Gasteiger partial charge in [-0.3, -0.25) is 9.58 Å². The summed E-state index contributed by atoms with van der Waals surface area (Å²) in [6, 6.07) is 2.44. The molecule has 1 fully saturated rings. The van der Waals surface area contributed by atoms with E-state index < -0.39 is 15.9 Å². The highest BCUT2D eigenvalue weighted by Gasteiger charge is 2.27. The van der Waals surface area contributed by atoms with E-state index in [1.54, 1.807) is 0 Å². The van der Waals surface area contributed by atoms with Crippen LogP contribution in [0.2, 0.25) is 0 Å². The summed E-state index contributed by atoms with van der Waals surface area (Å²) in [5, 5.41) is 14.5. The van der Waals surface area contributed by atoms with Crippen LogP contribution in [0.1, 0.15) is 17.5 Å². The first kappa shape index (κ1) is 17.6. The summed E-state index contributed by atoms with van der Waals surface area (Å²) in [5.74, 6) is 4.53. The van der Waals surface area contributed by atoms with Gasteiger partial charge in [-0.1, -0.05) is 0 Å². The molecule has 0 bridgehead atoms. The summed E-state index contributed by atoms with van der Waals surface area (Å²) in [4.78, 5) is 2.50. The van der Waals surface area contributed by atoms with Crippen molar-refractivity contribution in [2.24, 2.45) is 0 Å². The van der Waals surface area contributed by atoms with Gasteiger partial charge in [0.1, 0.15) is 15.9 Å². The maximum atomic E-state index is 11.3. The first-order chi connectivity index (χ1) is 10.9. The molecule has 0 amide bonds. The fraction of sp³-hybridized carbons (Fsp3) is 0.786. The van der Waals surface area contributed by atoms with Gasteiger partial charge in [0.2, 0.25) is 0 Å². The van der Waals surface area contributed by atoms with E-state index in [4.69, 9.17) is 0 Å². The van der Waals surface area contributed by atoms with Gasteiger partial charge in [-0.2, -0.15) is 28.6 Å². The Balaban J connectivity index is 1.69. The minimum Gasteiger partial charge on any atom is -0.386 e. The maximum absolute atomic E-state index is 11.3. The zero-order chi connectivity index (χ0) is 16.4. The SMILES string of the molecule is CS(=O)(=O)C[C@@H](O)c1cc2n(n1)CCN(C1CSCCSC1)C2. The number of nitrogens with zero attached hydrogens (tertiary/aromatic N) is 3. The van der Waals surface area contributed by atoms with E-state index in [-0.39, 0.29) is 5.75 Å². The van der Waals surface area contributed by atoms with Crippen LogP contribution in [-0.4, -0.2) is 75.8 Å². The van der Waals surface area contributed by atoms with Gasteiger partial charge in [0.25, 0.3) is 0 Å². The molecule has 2 aliphatic rings. The summed E-state index contributed by atoms with van der Waals surface area (Å²) in [5.41, 5.74) is 1.54. The summed E-state index contributed by atoms with van der Waals surface area (Å²) >= 11 is 4.05. The molecule has 0 radical (unpaired) electrons. The fourth-order valence-electron chi connectivity index (χ4n) is 2.97. The van der Waals surface area contributed by atoms with Gasteiger partial charge in [-0.05, 0) is 6.07 Å². The highest BCUT2D eigenvalue weighted by atomic mass is 32.2. The zero-order valence-corrected chi connectivity index (χ0v) is 15.7. The molecule has 23 heavy (non-hydrogen) atoms. The smallest absolute Gasteiger partial charge is 0.150 e. The van der Waals surface area contributed by atoms with Crippen molar-refractivity contribution in [2.45, 2.75) is 25.2 Å². The van der Waals surface area contributed by atoms with E-state index in [2.05, 4.69) is 10.00 Å². The zero-order valence-electron chi connectivity index (χ0n) is 13.2. The maximum Gasteiger partial charge on any atom is 0.150 e. The van der Waals surface area contributed by atoms with Crippen LogP contribution >= 0.6 is 23.5 Å². The standard InChI is InChI=1S/C14H23N3O3S3/c1-23(19,20)10-14(18)13-6-11-7-16(2-3-17(11)15-13)12-8-21-4-5-22-9-12/h6,12,14,18H,2-5,7-10H2,1H3/t14-/m1/s1. The number of aromatic nitrogens is 2. The van der Waals surface area contributed by atoms with Gasteiger partial charge < -0.3 is 5.11 Å². The highest BCUT2D eigenvalue weighted by molar-refractivity contribution is 8.03. The molecule has 9 heteroatoms. The van der Waals surface area contributed by atoms with Crippen molar-refractivity contribution >= 4 is 33.4 Å². The van der Waals surface area contributed by atoms with Gasteiger partial charge in [-0.15, -0.1) is 0 Å². The van der Waals surface area contributed by atoms with E-state index in [1.165, 1.54) is 23.0 Å². The lowest BCUT2D eigenvalue weighted by Gasteiger charge is -2.33. The molecule has 0 saturated carbocycles. The number of aliphatic hydroxyl groups excluding tert-OH is 1. The number of aliphatic hydroxyl groups is 1. The molecule has 130 valence electrons. The van der Waals surface area contributed by atoms with E-state index >= 15 is 0 Å². The number of hydrogen-bond acceptors (Lipinski definition) is 7. The van der Waals surface area contributed by atoms with Crippen LogP contribution in [0.3, 0.4) is 0 Å². The Labute approximate surface area is 145 Å². The van der Waals surface area contributed by atoms with Crippen LogP contribution in [0.5, 0.6) is 0 Å². The van der Waals surface area contributed by atoms with Crippen LogP contribution in [0.25, 0.3) is 0 Å². The quantitative estimate of drug-likeness (QED) is 0.824. The molecule has 2 aliphatic heterocycles. The van der Waals surface area contributed by atoms with E-state index in [0.29, 0.717) is 11.7 Å². The molecule has 3 heterocycles. The molecule has 0 aliphatic carbocycles. The summed E-state index contributed by atoms with van der Waals surface area (Å²) in [7, 11) is -3.22. The molecular weight excluding hydrogens is 354 g/mol. The van der Waals surface area contributed by atoms with Gasteiger partial charge >= 0.3 is 0 Å². The van der Waals surface area contributed by atoms with Crippen molar-refractivity contribution in [1.29, 1.82) is 0 Å². The van der Waals surface area contributed by atoms with Crippen LogP contribution in [0, 0.1) is 0 Å². The predicted octanol–water partition coefficient (Wildman–Crippen LogP) is 0.625. The van der Waals surface area contributed by atoms with Crippen molar-refractivity contribution < 1.29 is 13.5 Å². The molecule has 6 nitrogen and oxygen atoms in total. The lowest BCUT2D eigenvalue weighted by atomic mass is 10.2. The minimum atomic E-state index is -3.22. The second-order valence-corrected chi connectivity index (χ2v) is 10.7. The van der Waals surface area contributed by atoms with Crippen molar-refractivity contribution in [3.05, 3.63) is 17.5 Å². The lowest BCUT2D eigenvalue weighted by molar-refractivity contribution is 0.174. The van der Waals surface area contributed by atoms with E-state index in [1.807, 2.05) is 34.3 Å². The Bertz CT molecular complexity index is 639. The average Bonchev–Trinajstić information content (AvgIpc) is 2.71. The Morgan fingerprint density at radius 1 is 1.35 bits per heavy atom. The van der Waals surface area contributed by atoms with E-state index in [0.717, 1.165) is 31.6 Å². The van der Waals surface area contributed by atoms with Crippen molar-refractivity contribution in [3.63, 3.8) is 0 Å². The summed E-state index contributed by atoms with van der Waals surface area (Å²) < 4.78 is 24.6. The van der Waals surface area contributed by atoms with Gasteiger partial charge in [0.15, 0.2) is 0 Å². The molecule has 3 rings (SSSR count). The number of sulfone groups is 1. The molecule has 1 aromatic rings. The normalized spacial score (nSPS) is 22.5. The fourth-order valence-corrected chi connectivity index (χ4v) is 6.34. The van der Waals surface area contributed by atoms with Crippen molar-refractivity contribution in [3.8, 4) is 0 Å². The van der Waals surface area contributed by atoms with Crippen LogP contribution in [0.15, 0.2) is 6.07 Å². The van der Waals surface area contributed by atoms with Crippen molar-refractivity contribution in [1.82, 2.24) is 14.7 Å². The Hall–Kier alpha value is -0.220. The molecule has 1 N–H and O–H groups in total. The largest absolute Gasteiger partial charge is 0.386 e. The number of hydrogen-bond donors (Lipinski definition) is 1. The lowest BCUT2D eigenvalue weighted by Crippen LogP contribution is -2.43. The van der Waals surface area contributed by atoms with E-state index in [9.17, 15) is 13.5 Å². The first-order valence-electron chi connectivity index (χ1n) is 7.74. The average molecular weight is 378 g/mol. The Morgan fingerprint density at radius 3 is 2.70 bits per heavy atom. The Kier molecular flexibility index (Phi) is 5.62. The third-order valence-electron chi connectivity index (χ3n) is 4.16. The molecule has 1 atom stereocenters. The summed E-state index contributed by atoms with van der Waals surface area (Å²) in [6.07, 6.45) is 0.0931. The molecule has 1 saturated heterocycles. The number of fused-ring (bicyclic) bond motifs is 1. The topological polar surface area (TPSA) is 75.4 Å². The first-order valence-corrected chi connectivity index (χ1v) is 12.1. The predicted molar refractivity (Wildman–Crippen MR) is 95.7 cm³/mol. The second-order valence-electron chi connectivity index (χ2n) is 6.17. The summed E-state index contributed by atoms with van der Waals surface area (Å²) in [6.45, 7) is 2.58. The Morgan fingerprint density at radius 2 is 2.04 bits per heavy atom. The molecular formula is C14H23N3O3S3. The second kappa shape index (κ2) is 7.35. The van der Waals surface area contributed by atoms with Crippen LogP contribution in [0.4, 0.5) is 0 Å². The van der Waals surface area contributed by atoms with Gasteiger partial charge in [-0.25, -0.2) is 8.42 Å². The highest BCUT2D eigenvalue weighted by Crippen LogP contribution is 2.25. The molecule has 0 aromatic carbocycles. The molecule has 1 aromatic heterocycles. The molecule has 0 spiro atoms. The minimum absolute atomic E-state index is 0.275. The molecule has 0 unspecified atom stereocenters. The number of rotatable bonds is 4.